The summed E-state index contributed by atoms with van der Waals surface area (Å²) in [4.78, 5) is 42.5. The number of nitro groups is 1. The van der Waals surface area contributed by atoms with Crippen molar-refractivity contribution in [2.75, 3.05) is 4.90 Å². The van der Waals surface area contributed by atoms with Gasteiger partial charge in [-0.1, -0.05) is 23.5 Å². The van der Waals surface area contributed by atoms with Gasteiger partial charge in [-0.05, 0) is 35.9 Å². The molecule has 4 aromatic rings. The molecule has 0 radical (unpaired) electrons. The quantitative estimate of drug-likeness (QED) is 0.257. The number of hydrogen-bond donors (Lipinski definition) is 1. The average molecular weight is 465 g/mol. The van der Waals surface area contributed by atoms with Gasteiger partial charge in [-0.25, -0.2) is 9.37 Å². The number of aromatic nitrogens is 1. The molecule has 1 atom stereocenters. The maximum Gasteiger partial charge on any atom is 0.296 e. The minimum atomic E-state index is -1.22. The number of aliphatic hydroxyl groups excluding tert-OH is 1. The van der Waals surface area contributed by atoms with E-state index in [-0.39, 0.29) is 27.7 Å². The Morgan fingerprint density at radius 2 is 2.03 bits per heavy atom. The number of fused-ring (bicyclic) bond motifs is 1. The molecule has 1 amide bonds. The van der Waals surface area contributed by atoms with Crippen molar-refractivity contribution >= 4 is 44.1 Å². The van der Waals surface area contributed by atoms with Gasteiger partial charge in [-0.3, -0.25) is 24.6 Å². The normalized spacial score (nSPS) is 16.1. The first-order chi connectivity index (χ1) is 15.8. The van der Waals surface area contributed by atoms with Gasteiger partial charge in [0.05, 0.1) is 33.0 Å². The summed E-state index contributed by atoms with van der Waals surface area (Å²) in [5, 5.41) is 22.1. The number of non-ortho nitro benzene ring substituents is 1. The number of carbonyl (C=O) groups is 2. The van der Waals surface area contributed by atoms with Crippen LogP contribution in [-0.4, -0.2) is 26.7 Å². The van der Waals surface area contributed by atoms with E-state index in [1.165, 1.54) is 60.9 Å². The van der Waals surface area contributed by atoms with Gasteiger partial charge < -0.3 is 9.52 Å². The number of halogens is 1. The van der Waals surface area contributed by atoms with Gasteiger partial charge in [0.25, 0.3) is 11.6 Å². The molecule has 0 spiro atoms. The summed E-state index contributed by atoms with van der Waals surface area (Å²) >= 11 is 0.982. The monoisotopic (exact) mass is 465 g/mol. The van der Waals surface area contributed by atoms with Crippen molar-refractivity contribution in [3.8, 4) is 0 Å². The lowest BCUT2D eigenvalue weighted by molar-refractivity contribution is -0.384. The summed E-state index contributed by atoms with van der Waals surface area (Å²) in [6.45, 7) is 0. The van der Waals surface area contributed by atoms with Crippen molar-refractivity contribution in [2.24, 2.45) is 0 Å². The molecule has 0 aliphatic carbocycles. The van der Waals surface area contributed by atoms with E-state index in [0.29, 0.717) is 10.2 Å². The molecule has 164 valence electrons. The molecule has 0 saturated carbocycles. The third kappa shape index (κ3) is 3.34. The van der Waals surface area contributed by atoms with E-state index in [0.717, 1.165) is 16.2 Å². The fraction of sp³-hybridized carbons (Fsp3) is 0.0455. The maximum absolute atomic E-state index is 13.7. The molecule has 0 saturated heterocycles. The van der Waals surface area contributed by atoms with E-state index in [9.17, 15) is 29.2 Å². The largest absolute Gasteiger partial charge is 0.503 e. The van der Waals surface area contributed by atoms with Crippen LogP contribution >= 0.6 is 11.3 Å². The Labute approximate surface area is 188 Å². The lowest BCUT2D eigenvalue weighted by Crippen LogP contribution is -2.31. The van der Waals surface area contributed by atoms with Gasteiger partial charge in [-0.2, -0.15) is 0 Å². The third-order valence-corrected chi connectivity index (χ3v) is 6.16. The first-order valence-electron chi connectivity index (χ1n) is 9.50. The first kappa shape index (κ1) is 20.5. The predicted molar refractivity (Wildman–Crippen MR) is 116 cm³/mol. The smallest absolute Gasteiger partial charge is 0.296 e. The maximum atomic E-state index is 13.7. The van der Waals surface area contributed by atoms with Gasteiger partial charge in [0.2, 0.25) is 5.78 Å². The molecule has 11 heteroatoms. The van der Waals surface area contributed by atoms with E-state index in [2.05, 4.69) is 4.98 Å². The molecule has 2 aromatic carbocycles. The molecule has 1 aliphatic rings. The van der Waals surface area contributed by atoms with Crippen LogP contribution in [0, 0.1) is 15.9 Å². The number of hydrogen-bond acceptors (Lipinski definition) is 8. The van der Waals surface area contributed by atoms with Crippen LogP contribution in [0.4, 0.5) is 15.2 Å². The van der Waals surface area contributed by atoms with Crippen molar-refractivity contribution in [3.63, 3.8) is 0 Å². The van der Waals surface area contributed by atoms with Gasteiger partial charge in [0.15, 0.2) is 16.7 Å². The molecule has 1 aliphatic heterocycles. The molecule has 2 aromatic heterocycles. The summed E-state index contributed by atoms with van der Waals surface area (Å²) in [6.07, 6.45) is 1.27. The van der Waals surface area contributed by atoms with Gasteiger partial charge in [0, 0.05) is 12.1 Å². The highest BCUT2D eigenvalue weighted by atomic mass is 32.1. The Bertz CT molecular complexity index is 1480. The number of aliphatic hydroxyl groups is 1. The molecule has 5 rings (SSSR count). The predicted octanol–water partition coefficient (Wildman–Crippen LogP) is 4.72. The highest BCUT2D eigenvalue weighted by Crippen LogP contribution is 2.44. The number of anilines is 1. The number of carbonyl (C=O) groups excluding carboxylic acids is 2. The van der Waals surface area contributed by atoms with Crippen LogP contribution in [0.15, 0.2) is 76.6 Å². The third-order valence-electron chi connectivity index (χ3n) is 5.14. The zero-order valence-electron chi connectivity index (χ0n) is 16.5. The van der Waals surface area contributed by atoms with Gasteiger partial charge >= 0.3 is 0 Å². The fourth-order valence-corrected chi connectivity index (χ4v) is 4.71. The number of furan rings is 1. The van der Waals surface area contributed by atoms with Crippen LogP contribution in [0.2, 0.25) is 0 Å². The van der Waals surface area contributed by atoms with Crippen LogP contribution in [0.3, 0.4) is 0 Å². The summed E-state index contributed by atoms with van der Waals surface area (Å²) in [5.41, 5.74) is 0.0533. The molecular weight excluding hydrogens is 453 g/mol. The summed E-state index contributed by atoms with van der Waals surface area (Å²) in [6, 6.07) is 10.9. The molecular formula is C22H12FN3O6S. The lowest BCUT2D eigenvalue weighted by atomic mass is 9.95. The number of benzene rings is 2. The number of nitro benzene ring substituents is 1. The van der Waals surface area contributed by atoms with Crippen LogP contribution in [0.1, 0.15) is 22.2 Å². The summed E-state index contributed by atoms with van der Waals surface area (Å²) in [5.74, 6) is -3.10. The van der Waals surface area contributed by atoms with Crippen molar-refractivity contribution in [1.29, 1.82) is 0 Å². The van der Waals surface area contributed by atoms with Crippen LogP contribution in [0.25, 0.3) is 10.2 Å². The minimum absolute atomic E-state index is 0.0888. The molecule has 0 fully saturated rings. The van der Waals surface area contributed by atoms with Gasteiger partial charge in [-0.15, -0.1) is 0 Å². The van der Waals surface area contributed by atoms with E-state index >= 15 is 0 Å². The fourth-order valence-electron chi connectivity index (χ4n) is 3.69. The minimum Gasteiger partial charge on any atom is -0.503 e. The Hall–Kier alpha value is -4.38. The second kappa shape index (κ2) is 7.64. The van der Waals surface area contributed by atoms with Crippen molar-refractivity contribution in [1.82, 2.24) is 4.98 Å². The highest BCUT2D eigenvalue weighted by molar-refractivity contribution is 7.22. The second-order valence-corrected chi connectivity index (χ2v) is 8.12. The SMILES string of the molecule is O=C(C1=C(O)C(=O)N(c2nc3ccc(F)cc3s2)[C@H]1c1cccc([N+](=O)[O-])c1)c1ccco1. The number of nitrogens with zero attached hydrogens (tertiary/aromatic N) is 3. The number of Topliss-reactive ketones (excluding diaryl/α,β-unsaturated/α-hetero) is 1. The molecule has 0 unspecified atom stereocenters. The topological polar surface area (TPSA) is 127 Å². The number of rotatable bonds is 5. The van der Waals surface area contributed by atoms with E-state index in [1.807, 2.05) is 0 Å². The van der Waals surface area contributed by atoms with Crippen molar-refractivity contribution in [2.45, 2.75) is 6.04 Å². The lowest BCUT2D eigenvalue weighted by Gasteiger charge is -2.24. The van der Waals surface area contributed by atoms with E-state index in [4.69, 9.17) is 4.42 Å². The van der Waals surface area contributed by atoms with Crippen molar-refractivity contribution < 1.29 is 28.4 Å². The van der Waals surface area contributed by atoms with Gasteiger partial charge in [0.1, 0.15) is 5.82 Å². The summed E-state index contributed by atoms with van der Waals surface area (Å²) in [7, 11) is 0. The first-order valence-corrected chi connectivity index (χ1v) is 10.3. The molecule has 33 heavy (non-hydrogen) atoms. The van der Waals surface area contributed by atoms with Crippen LogP contribution < -0.4 is 4.90 Å². The average Bonchev–Trinajstić information content (AvgIpc) is 3.52. The standard InChI is InChI=1S/C22H12FN3O6S/c23-12-6-7-14-16(10-12)33-22(24-14)25-18(11-3-1-4-13(9-11)26(30)31)17(20(28)21(25)29)19(27)15-5-2-8-32-15/h1-10,18,28H/t18-/m0/s1. The van der Waals surface area contributed by atoms with E-state index in [1.54, 1.807) is 0 Å². The highest BCUT2D eigenvalue weighted by Gasteiger charge is 2.46. The summed E-state index contributed by atoms with van der Waals surface area (Å²) < 4.78 is 19.3. The Morgan fingerprint density at radius 1 is 1.21 bits per heavy atom. The van der Waals surface area contributed by atoms with Crippen LogP contribution in [-0.2, 0) is 4.79 Å². The number of thiazole rings is 1. The van der Waals surface area contributed by atoms with Crippen LogP contribution in [0.5, 0.6) is 0 Å². The Morgan fingerprint density at radius 3 is 2.76 bits per heavy atom. The molecule has 0 bridgehead atoms. The van der Waals surface area contributed by atoms with Crippen molar-refractivity contribution in [3.05, 3.63) is 99.4 Å². The molecule has 1 N–H and O–H groups in total. The number of ketones is 1. The zero-order chi connectivity index (χ0) is 23.3. The molecule has 9 nitrogen and oxygen atoms in total. The Kier molecular flexibility index (Phi) is 4.75. The number of amides is 1. The zero-order valence-corrected chi connectivity index (χ0v) is 17.3. The van der Waals surface area contributed by atoms with E-state index < -0.39 is 34.2 Å². The molecule has 3 heterocycles. The second-order valence-electron chi connectivity index (χ2n) is 7.11. The Balaban J connectivity index is 1.70.